The second-order valence-corrected chi connectivity index (χ2v) is 8.88. The molecule has 0 spiro atoms. The first-order valence-electron chi connectivity index (χ1n) is 10.9. The zero-order valence-electron chi connectivity index (χ0n) is 19.4. The molecule has 9 nitrogen and oxygen atoms in total. The fourth-order valence-corrected chi connectivity index (χ4v) is 4.64. The van der Waals surface area contributed by atoms with Gasteiger partial charge >= 0.3 is 6.03 Å². The minimum Gasteiger partial charge on any atom is -0.383 e. The Balaban J connectivity index is 1.51. The van der Waals surface area contributed by atoms with E-state index in [1.807, 2.05) is 60.8 Å². The Kier molecular flexibility index (Phi) is 7.26. The number of aryl methyl sites for hydroxylation is 1. The molecule has 4 rings (SSSR count). The van der Waals surface area contributed by atoms with Crippen molar-refractivity contribution in [3.63, 3.8) is 0 Å². The smallest absolute Gasteiger partial charge is 0.323 e. The van der Waals surface area contributed by atoms with E-state index in [0.717, 1.165) is 32.3 Å². The lowest BCUT2D eigenvalue weighted by molar-refractivity contribution is -0.122. The molecule has 0 aliphatic rings. The van der Waals surface area contributed by atoms with Gasteiger partial charge in [-0.15, -0.1) is 11.3 Å². The number of nitrogens with two attached hydrogens (primary N) is 2. The zero-order valence-corrected chi connectivity index (χ0v) is 20.2. The Bertz CT molecular complexity index is 1480. The number of primary amides is 1. The van der Waals surface area contributed by atoms with E-state index in [4.69, 9.17) is 11.5 Å². The molecule has 2 aromatic carbocycles. The van der Waals surface area contributed by atoms with Crippen molar-refractivity contribution in [2.75, 3.05) is 22.9 Å². The summed E-state index contributed by atoms with van der Waals surface area (Å²) in [7, 11) is 0. The molecule has 4 amide bonds. The number of rotatable bonds is 7. The van der Waals surface area contributed by atoms with E-state index in [1.165, 1.54) is 17.4 Å². The van der Waals surface area contributed by atoms with E-state index in [2.05, 4.69) is 20.9 Å². The molecule has 0 bridgehead atoms. The number of nitrogen functional groups attached to an aromatic ring is 1. The predicted molar refractivity (Wildman–Crippen MR) is 145 cm³/mol. The van der Waals surface area contributed by atoms with Gasteiger partial charge in [-0.1, -0.05) is 24.3 Å². The molecule has 0 saturated heterocycles. The molecule has 0 aliphatic carbocycles. The molecule has 0 saturated carbocycles. The van der Waals surface area contributed by atoms with E-state index in [-0.39, 0.29) is 12.6 Å². The van der Waals surface area contributed by atoms with E-state index in [1.54, 1.807) is 12.3 Å². The van der Waals surface area contributed by atoms with Crippen molar-refractivity contribution in [3.05, 3.63) is 77.3 Å². The Morgan fingerprint density at radius 1 is 1.06 bits per heavy atom. The van der Waals surface area contributed by atoms with Gasteiger partial charge < -0.3 is 27.4 Å². The predicted octanol–water partition coefficient (Wildman–Crippen LogP) is 4.11. The number of hydrogen-bond acceptors (Lipinski definition) is 6. The summed E-state index contributed by atoms with van der Waals surface area (Å²) in [6.07, 6.45) is 4.53. The number of fused-ring (bicyclic) bond motifs is 1. The highest BCUT2D eigenvalue weighted by Gasteiger charge is 2.14. The van der Waals surface area contributed by atoms with Crippen LogP contribution in [0.1, 0.15) is 11.1 Å². The average Bonchev–Trinajstić information content (AvgIpc) is 3.29. The minimum atomic E-state index is -0.621. The van der Waals surface area contributed by atoms with Gasteiger partial charge in [0.05, 0.1) is 6.54 Å². The minimum absolute atomic E-state index is 0.236. The summed E-state index contributed by atoms with van der Waals surface area (Å²) in [5, 5.41) is 10.8. The standard InChI is InChI=1S/C26H24N6O3S/c1-15-3-2-4-19(11-15)32-26(35)31-18-8-5-16(6-9-18)20-14-36-24-17(12-30-25(28)23(20)24)7-10-22(34)29-13-21(27)33/h2-12,14H,13H2,1H3,(H2,27,33)(H2,28,30)(H,29,34)(H2,31,32,35)/b10-7+. The molecule has 182 valence electrons. The Hall–Kier alpha value is -4.70. The van der Waals surface area contributed by atoms with E-state index in [9.17, 15) is 14.4 Å². The second kappa shape index (κ2) is 10.7. The van der Waals surface area contributed by atoms with Gasteiger partial charge in [-0.2, -0.15) is 0 Å². The summed E-state index contributed by atoms with van der Waals surface area (Å²) in [5.74, 6) is -0.689. The van der Waals surface area contributed by atoms with Crippen molar-refractivity contribution < 1.29 is 14.4 Å². The molecule has 0 unspecified atom stereocenters. The summed E-state index contributed by atoms with van der Waals surface area (Å²) in [6.45, 7) is 1.72. The van der Waals surface area contributed by atoms with E-state index >= 15 is 0 Å². The van der Waals surface area contributed by atoms with Gasteiger partial charge in [0.2, 0.25) is 11.8 Å². The number of amides is 4. The molecule has 0 radical (unpaired) electrons. The van der Waals surface area contributed by atoms with Crippen LogP contribution in [0.15, 0.2) is 66.2 Å². The Morgan fingerprint density at radius 2 is 1.81 bits per heavy atom. The SMILES string of the molecule is Cc1cccc(NC(=O)Nc2ccc(-c3csc4c(/C=C/C(=O)NCC(N)=O)cnc(N)c34)cc2)c1. The van der Waals surface area contributed by atoms with Gasteiger partial charge in [0.15, 0.2) is 0 Å². The largest absolute Gasteiger partial charge is 0.383 e. The van der Waals surface area contributed by atoms with Crippen molar-refractivity contribution >= 4 is 62.5 Å². The number of benzene rings is 2. The monoisotopic (exact) mass is 500 g/mol. The number of nitrogens with zero attached hydrogens (tertiary/aromatic N) is 1. The highest BCUT2D eigenvalue weighted by molar-refractivity contribution is 7.18. The van der Waals surface area contributed by atoms with Gasteiger partial charge in [0, 0.05) is 44.9 Å². The van der Waals surface area contributed by atoms with Crippen LogP contribution in [0.4, 0.5) is 22.0 Å². The number of aromatic nitrogens is 1. The fourth-order valence-electron chi connectivity index (χ4n) is 3.57. The van der Waals surface area contributed by atoms with E-state index in [0.29, 0.717) is 17.2 Å². The molecule has 0 aliphatic heterocycles. The van der Waals surface area contributed by atoms with Crippen molar-refractivity contribution in [2.45, 2.75) is 6.92 Å². The average molecular weight is 501 g/mol. The zero-order chi connectivity index (χ0) is 25.7. The van der Waals surface area contributed by atoms with Crippen LogP contribution in [0.5, 0.6) is 0 Å². The molecule has 10 heteroatoms. The lowest BCUT2D eigenvalue weighted by atomic mass is 10.0. The maximum Gasteiger partial charge on any atom is 0.323 e. The molecule has 0 fully saturated rings. The maximum absolute atomic E-state index is 12.3. The van der Waals surface area contributed by atoms with Gasteiger partial charge in [0.1, 0.15) is 5.82 Å². The third-order valence-corrected chi connectivity index (χ3v) is 6.26. The van der Waals surface area contributed by atoms with Crippen molar-refractivity contribution in [3.8, 4) is 11.1 Å². The number of hydrogen-bond donors (Lipinski definition) is 5. The number of carbonyl (C=O) groups is 3. The van der Waals surface area contributed by atoms with Crippen LogP contribution in [-0.4, -0.2) is 29.4 Å². The number of carbonyl (C=O) groups excluding carboxylic acids is 3. The number of nitrogens with one attached hydrogen (secondary N) is 3. The van der Waals surface area contributed by atoms with Crippen LogP contribution in [0.2, 0.25) is 0 Å². The van der Waals surface area contributed by atoms with Crippen LogP contribution in [0, 0.1) is 6.92 Å². The normalized spacial score (nSPS) is 10.9. The summed E-state index contributed by atoms with van der Waals surface area (Å²) in [6, 6.07) is 14.6. The van der Waals surface area contributed by atoms with Crippen LogP contribution in [-0.2, 0) is 9.59 Å². The van der Waals surface area contributed by atoms with Gasteiger partial charge in [-0.25, -0.2) is 9.78 Å². The van der Waals surface area contributed by atoms with Crippen molar-refractivity contribution in [2.24, 2.45) is 5.73 Å². The summed E-state index contributed by atoms with van der Waals surface area (Å²) >= 11 is 1.48. The number of pyridine rings is 1. The fraction of sp³-hybridized carbons (Fsp3) is 0.0769. The molecular formula is C26H24N6O3S. The van der Waals surface area contributed by atoms with Crippen LogP contribution < -0.4 is 27.4 Å². The molecule has 2 aromatic heterocycles. The van der Waals surface area contributed by atoms with Gasteiger partial charge in [-0.3, -0.25) is 9.59 Å². The molecule has 4 aromatic rings. The molecule has 7 N–H and O–H groups in total. The Labute approximate surface area is 211 Å². The van der Waals surface area contributed by atoms with Crippen LogP contribution in [0.25, 0.3) is 27.3 Å². The van der Waals surface area contributed by atoms with Crippen molar-refractivity contribution in [1.29, 1.82) is 0 Å². The van der Waals surface area contributed by atoms with Crippen LogP contribution in [0.3, 0.4) is 0 Å². The molecule has 36 heavy (non-hydrogen) atoms. The lowest BCUT2D eigenvalue weighted by Crippen LogP contribution is -2.32. The summed E-state index contributed by atoms with van der Waals surface area (Å²) in [4.78, 5) is 39.3. The number of urea groups is 1. The first-order chi connectivity index (χ1) is 17.3. The molecule has 2 heterocycles. The quantitative estimate of drug-likeness (QED) is 0.242. The summed E-state index contributed by atoms with van der Waals surface area (Å²) in [5.41, 5.74) is 16.2. The molecule has 0 atom stereocenters. The molecular weight excluding hydrogens is 476 g/mol. The number of thiophene rings is 1. The number of anilines is 3. The second-order valence-electron chi connectivity index (χ2n) is 8.00. The van der Waals surface area contributed by atoms with E-state index < -0.39 is 11.8 Å². The van der Waals surface area contributed by atoms with Gasteiger partial charge in [-0.05, 0) is 53.8 Å². The lowest BCUT2D eigenvalue weighted by Gasteiger charge is -2.09. The third-order valence-electron chi connectivity index (χ3n) is 5.23. The first-order valence-corrected chi connectivity index (χ1v) is 11.8. The highest BCUT2D eigenvalue weighted by Crippen LogP contribution is 2.39. The highest BCUT2D eigenvalue weighted by atomic mass is 32.1. The van der Waals surface area contributed by atoms with Gasteiger partial charge in [0.25, 0.3) is 0 Å². The third kappa shape index (κ3) is 5.86. The first kappa shape index (κ1) is 24.4. The maximum atomic E-state index is 12.3. The van der Waals surface area contributed by atoms with Crippen molar-refractivity contribution in [1.82, 2.24) is 10.3 Å². The Morgan fingerprint density at radius 3 is 2.53 bits per heavy atom. The summed E-state index contributed by atoms with van der Waals surface area (Å²) < 4.78 is 0.871. The topological polar surface area (TPSA) is 152 Å². The van der Waals surface area contributed by atoms with Crippen LogP contribution >= 0.6 is 11.3 Å².